The van der Waals surface area contributed by atoms with Crippen molar-refractivity contribution in [3.8, 4) is 0 Å². The topological polar surface area (TPSA) is 20.3 Å². The standard InChI is InChI=1S/C13H19NO.C5H11Cl/c1-4-5-9-14(10-15)13-11(2)7-6-8-12(13)3;1-2-3-4-5-6/h6-8,10H,4-5,9H2,1-3H3;2-5H2,1H3. The average molecular weight is 312 g/mol. The highest BCUT2D eigenvalue weighted by molar-refractivity contribution is 6.17. The van der Waals surface area contributed by atoms with Gasteiger partial charge in [0.2, 0.25) is 6.41 Å². The third-order valence-electron chi connectivity index (χ3n) is 3.34. The van der Waals surface area contributed by atoms with Gasteiger partial charge < -0.3 is 4.90 Å². The predicted octanol–water partition coefficient (Wildman–Crippen LogP) is 5.48. The first-order chi connectivity index (χ1) is 10.1. The van der Waals surface area contributed by atoms with Gasteiger partial charge in [-0.1, -0.05) is 51.3 Å². The zero-order valence-electron chi connectivity index (χ0n) is 14.0. The summed E-state index contributed by atoms with van der Waals surface area (Å²) in [7, 11) is 0. The fraction of sp³-hybridized carbons (Fsp3) is 0.611. The van der Waals surface area contributed by atoms with Crippen molar-refractivity contribution < 1.29 is 4.79 Å². The van der Waals surface area contributed by atoms with Gasteiger partial charge in [-0.2, -0.15) is 0 Å². The van der Waals surface area contributed by atoms with E-state index in [1.165, 1.54) is 30.4 Å². The van der Waals surface area contributed by atoms with E-state index in [1.54, 1.807) is 0 Å². The van der Waals surface area contributed by atoms with E-state index < -0.39 is 0 Å². The molecule has 0 aromatic heterocycles. The molecule has 3 heteroatoms. The third-order valence-corrected chi connectivity index (χ3v) is 3.61. The second-order valence-electron chi connectivity index (χ2n) is 5.29. The van der Waals surface area contributed by atoms with Crippen LogP contribution in [0.3, 0.4) is 0 Å². The SMILES string of the molecule is CCCCCCl.CCCCN(C=O)c1c(C)cccc1C. The molecule has 0 aliphatic heterocycles. The van der Waals surface area contributed by atoms with Crippen molar-refractivity contribution in [2.75, 3.05) is 17.3 Å². The van der Waals surface area contributed by atoms with E-state index in [1.807, 2.05) is 36.9 Å². The molecule has 0 radical (unpaired) electrons. The first-order valence-corrected chi connectivity index (χ1v) is 8.49. The second kappa shape index (κ2) is 12.7. The van der Waals surface area contributed by atoms with Crippen LogP contribution in [0.1, 0.15) is 57.1 Å². The van der Waals surface area contributed by atoms with Crippen LogP contribution in [0.2, 0.25) is 0 Å². The van der Waals surface area contributed by atoms with Gasteiger partial charge in [0, 0.05) is 18.1 Å². The van der Waals surface area contributed by atoms with Gasteiger partial charge in [0.25, 0.3) is 0 Å². The van der Waals surface area contributed by atoms with Crippen molar-refractivity contribution >= 4 is 23.7 Å². The summed E-state index contributed by atoms with van der Waals surface area (Å²) in [5.74, 6) is 0.827. The average Bonchev–Trinajstić information content (AvgIpc) is 2.48. The number of carbonyl (C=O) groups is 1. The molecule has 0 N–H and O–H groups in total. The molecule has 0 spiro atoms. The second-order valence-corrected chi connectivity index (χ2v) is 5.67. The van der Waals surface area contributed by atoms with Gasteiger partial charge in [-0.3, -0.25) is 4.79 Å². The molecule has 1 aromatic rings. The lowest BCUT2D eigenvalue weighted by Crippen LogP contribution is -2.23. The van der Waals surface area contributed by atoms with Crippen LogP contribution < -0.4 is 4.90 Å². The van der Waals surface area contributed by atoms with Gasteiger partial charge in [0.05, 0.1) is 0 Å². The largest absolute Gasteiger partial charge is 0.314 e. The van der Waals surface area contributed by atoms with Gasteiger partial charge >= 0.3 is 0 Å². The van der Waals surface area contributed by atoms with Crippen LogP contribution in [0.5, 0.6) is 0 Å². The van der Waals surface area contributed by atoms with Crippen molar-refractivity contribution in [1.82, 2.24) is 0 Å². The van der Waals surface area contributed by atoms with Crippen LogP contribution >= 0.6 is 11.6 Å². The fourth-order valence-electron chi connectivity index (χ4n) is 2.15. The Labute approximate surface area is 135 Å². The molecule has 1 aromatic carbocycles. The van der Waals surface area contributed by atoms with Crippen LogP contribution in [-0.2, 0) is 4.79 Å². The Morgan fingerprint density at radius 1 is 1.05 bits per heavy atom. The van der Waals surface area contributed by atoms with Crippen molar-refractivity contribution in [1.29, 1.82) is 0 Å². The zero-order chi connectivity index (χ0) is 16.1. The normalized spacial score (nSPS) is 9.76. The number of rotatable bonds is 8. The number of hydrogen-bond acceptors (Lipinski definition) is 1. The molecule has 0 fully saturated rings. The summed E-state index contributed by atoms with van der Waals surface area (Å²) < 4.78 is 0. The summed E-state index contributed by atoms with van der Waals surface area (Å²) in [5, 5.41) is 0. The van der Waals surface area contributed by atoms with E-state index in [0.29, 0.717) is 0 Å². The zero-order valence-corrected chi connectivity index (χ0v) is 14.7. The number of amides is 1. The van der Waals surface area contributed by atoms with E-state index in [0.717, 1.165) is 37.4 Å². The Bertz CT molecular complexity index is 369. The Balaban J connectivity index is 0.000000567. The molecular formula is C18H30ClNO. The van der Waals surface area contributed by atoms with Crippen LogP contribution in [0.4, 0.5) is 5.69 Å². The summed E-state index contributed by atoms with van der Waals surface area (Å²) in [6.45, 7) is 9.21. The van der Waals surface area contributed by atoms with Gasteiger partial charge in [-0.15, -0.1) is 11.6 Å². The Morgan fingerprint density at radius 2 is 1.62 bits per heavy atom. The van der Waals surface area contributed by atoms with E-state index in [4.69, 9.17) is 11.6 Å². The minimum atomic E-state index is 0.811. The van der Waals surface area contributed by atoms with Gasteiger partial charge in [-0.05, 0) is 37.8 Å². The van der Waals surface area contributed by atoms with Gasteiger partial charge in [0.1, 0.15) is 0 Å². The van der Waals surface area contributed by atoms with E-state index in [9.17, 15) is 4.79 Å². The highest BCUT2D eigenvalue weighted by Gasteiger charge is 2.09. The third kappa shape index (κ3) is 8.11. The number of anilines is 1. The lowest BCUT2D eigenvalue weighted by molar-refractivity contribution is -0.107. The molecular weight excluding hydrogens is 282 g/mol. The Kier molecular flexibility index (Phi) is 12.1. The summed E-state index contributed by atoms with van der Waals surface area (Å²) in [6.07, 6.45) is 6.82. The molecule has 0 bridgehead atoms. The maximum absolute atomic E-state index is 11.0. The van der Waals surface area contributed by atoms with Crippen molar-refractivity contribution in [3.63, 3.8) is 0 Å². The highest BCUT2D eigenvalue weighted by atomic mass is 35.5. The quantitative estimate of drug-likeness (QED) is 0.353. The first-order valence-electron chi connectivity index (χ1n) is 7.96. The number of carbonyl (C=O) groups excluding carboxylic acids is 1. The van der Waals surface area contributed by atoms with Crippen molar-refractivity contribution in [3.05, 3.63) is 29.3 Å². The summed E-state index contributed by atoms with van der Waals surface area (Å²) in [5.41, 5.74) is 3.40. The van der Waals surface area contributed by atoms with Crippen LogP contribution in [0, 0.1) is 13.8 Å². The van der Waals surface area contributed by atoms with E-state index in [2.05, 4.69) is 13.8 Å². The van der Waals surface area contributed by atoms with Crippen LogP contribution in [0.25, 0.3) is 0 Å². The molecule has 0 saturated carbocycles. The number of aryl methyl sites for hydroxylation is 2. The Morgan fingerprint density at radius 3 is 2.00 bits per heavy atom. The minimum absolute atomic E-state index is 0.811. The molecule has 1 rings (SSSR count). The fourth-order valence-corrected chi connectivity index (χ4v) is 2.34. The summed E-state index contributed by atoms with van der Waals surface area (Å²) in [6, 6.07) is 6.12. The predicted molar refractivity (Wildman–Crippen MR) is 94.5 cm³/mol. The van der Waals surface area contributed by atoms with Crippen LogP contribution in [0.15, 0.2) is 18.2 Å². The van der Waals surface area contributed by atoms with Gasteiger partial charge in [0.15, 0.2) is 0 Å². The number of hydrogen-bond donors (Lipinski definition) is 0. The van der Waals surface area contributed by atoms with E-state index in [-0.39, 0.29) is 0 Å². The smallest absolute Gasteiger partial charge is 0.214 e. The van der Waals surface area contributed by atoms with Crippen molar-refractivity contribution in [2.24, 2.45) is 0 Å². The monoisotopic (exact) mass is 311 g/mol. The Hall–Kier alpha value is -1.02. The number of benzene rings is 1. The molecule has 2 nitrogen and oxygen atoms in total. The van der Waals surface area contributed by atoms with E-state index >= 15 is 0 Å². The molecule has 0 atom stereocenters. The molecule has 120 valence electrons. The highest BCUT2D eigenvalue weighted by Crippen LogP contribution is 2.23. The minimum Gasteiger partial charge on any atom is -0.314 e. The summed E-state index contributed by atoms with van der Waals surface area (Å²) in [4.78, 5) is 12.9. The number of unbranched alkanes of at least 4 members (excludes halogenated alkanes) is 3. The van der Waals surface area contributed by atoms with Crippen LogP contribution in [-0.4, -0.2) is 18.8 Å². The molecule has 0 heterocycles. The number of nitrogens with zero attached hydrogens (tertiary/aromatic N) is 1. The van der Waals surface area contributed by atoms with Crippen molar-refractivity contribution in [2.45, 2.75) is 59.8 Å². The number of halogens is 1. The number of para-hydroxylation sites is 1. The summed E-state index contributed by atoms with van der Waals surface area (Å²) >= 11 is 5.38. The molecule has 21 heavy (non-hydrogen) atoms. The van der Waals surface area contributed by atoms with Gasteiger partial charge in [-0.25, -0.2) is 0 Å². The maximum atomic E-state index is 11.0. The molecule has 0 aliphatic rings. The maximum Gasteiger partial charge on any atom is 0.214 e. The first kappa shape index (κ1) is 20.0. The molecule has 0 aliphatic carbocycles. The lowest BCUT2D eigenvalue weighted by Gasteiger charge is -2.21. The molecule has 0 saturated heterocycles. The number of alkyl halides is 1. The molecule has 1 amide bonds. The molecule has 0 unspecified atom stereocenters. The lowest BCUT2D eigenvalue weighted by atomic mass is 10.1.